The van der Waals surface area contributed by atoms with Crippen LogP contribution in [0.5, 0.6) is 5.75 Å². The first-order valence-corrected chi connectivity index (χ1v) is 10.4. The summed E-state index contributed by atoms with van der Waals surface area (Å²) in [6.45, 7) is 11.7. The number of aryl methyl sites for hydroxylation is 2. The van der Waals surface area contributed by atoms with E-state index in [2.05, 4.69) is 29.0 Å². The summed E-state index contributed by atoms with van der Waals surface area (Å²) >= 11 is 1.47. The van der Waals surface area contributed by atoms with Gasteiger partial charge in [0.2, 0.25) is 0 Å². The number of hydrogen-bond acceptors (Lipinski definition) is 5. The highest BCUT2D eigenvalue weighted by molar-refractivity contribution is 7.13. The molecule has 6 heteroatoms. The molecule has 2 heterocycles. The minimum absolute atomic E-state index is 0.0139. The number of hydrogen-bond donors (Lipinski definition) is 1. The number of amides is 1. The highest BCUT2D eigenvalue weighted by Crippen LogP contribution is 2.24. The zero-order valence-corrected chi connectivity index (χ0v) is 17.4. The van der Waals surface area contributed by atoms with Crippen molar-refractivity contribution in [1.29, 1.82) is 0 Å². The highest BCUT2D eigenvalue weighted by atomic mass is 32.1. The Hall–Kier alpha value is -1.92. The van der Waals surface area contributed by atoms with E-state index in [1.807, 2.05) is 37.4 Å². The Morgan fingerprint density at radius 3 is 2.74 bits per heavy atom. The molecule has 1 aliphatic heterocycles. The lowest BCUT2D eigenvalue weighted by Crippen LogP contribution is -2.38. The van der Waals surface area contributed by atoms with E-state index in [1.165, 1.54) is 23.3 Å². The van der Waals surface area contributed by atoms with Gasteiger partial charge in [0.1, 0.15) is 5.75 Å². The smallest absolute Gasteiger partial charge is 0.264 e. The average Bonchev–Trinajstić information content (AvgIpc) is 3.00. The van der Waals surface area contributed by atoms with Crippen LogP contribution < -0.4 is 10.1 Å². The summed E-state index contributed by atoms with van der Waals surface area (Å²) in [6.07, 6.45) is 1.30. The van der Waals surface area contributed by atoms with Crippen molar-refractivity contribution in [3.63, 3.8) is 0 Å². The molecule has 1 aliphatic rings. The molecule has 0 radical (unpaired) electrons. The number of thiazole rings is 1. The second-order valence-corrected chi connectivity index (χ2v) is 8.75. The number of carbonyl (C=O) groups excluding carboxylic acids is 1. The summed E-state index contributed by atoms with van der Waals surface area (Å²) < 4.78 is 5.63. The van der Waals surface area contributed by atoms with E-state index < -0.39 is 0 Å². The van der Waals surface area contributed by atoms with Crippen molar-refractivity contribution in [2.24, 2.45) is 11.8 Å². The van der Waals surface area contributed by atoms with Gasteiger partial charge in [-0.3, -0.25) is 15.0 Å². The van der Waals surface area contributed by atoms with Crippen LogP contribution in [0.1, 0.15) is 37.1 Å². The van der Waals surface area contributed by atoms with Crippen molar-refractivity contribution in [2.75, 3.05) is 25.0 Å². The van der Waals surface area contributed by atoms with Crippen LogP contribution in [0.3, 0.4) is 0 Å². The SMILES string of the molecule is Cc1ccc(OCC(=O)Nc2nc(CN3CC(C)CC(C)C3)cs2)c(C)c1. The fourth-order valence-electron chi connectivity index (χ4n) is 3.85. The molecule has 0 saturated carbocycles. The number of likely N-dealkylation sites (tertiary alicyclic amines) is 1. The summed E-state index contributed by atoms with van der Waals surface area (Å²) in [5.74, 6) is 2.02. The second kappa shape index (κ2) is 8.85. The summed E-state index contributed by atoms with van der Waals surface area (Å²) in [4.78, 5) is 19.2. The molecule has 2 unspecified atom stereocenters. The standard InChI is InChI=1S/C21H29N3O2S/c1-14-5-6-19(17(4)8-14)26-12-20(25)23-21-22-18(13-27-21)11-24-9-15(2)7-16(3)10-24/h5-6,8,13,15-16H,7,9-12H2,1-4H3,(H,22,23,25). The van der Waals surface area contributed by atoms with Crippen LogP contribution >= 0.6 is 11.3 Å². The Morgan fingerprint density at radius 1 is 1.30 bits per heavy atom. The first-order chi connectivity index (χ1) is 12.9. The van der Waals surface area contributed by atoms with Crippen molar-refractivity contribution in [1.82, 2.24) is 9.88 Å². The molecule has 2 aromatic rings. The lowest BCUT2D eigenvalue weighted by Gasteiger charge is -2.34. The van der Waals surface area contributed by atoms with Gasteiger partial charge in [-0.1, -0.05) is 31.5 Å². The van der Waals surface area contributed by atoms with Gasteiger partial charge in [0.05, 0.1) is 5.69 Å². The van der Waals surface area contributed by atoms with Crippen molar-refractivity contribution in [2.45, 2.75) is 40.7 Å². The molecule has 1 aromatic heterocycles. The first kappa shape index (κ1) is 19.8. The maximum atomic E-state index is 12.2. The summed E-state index contributed by atoms with van der Waals surface area (Å²) in [5.41, 5.74) is 3.23. The number of rotatable bonds is 6. The van der Waals surface area contributed by atoms with Gasteiger partial charge >= 0.3 is 0 Å². The van der Waals surface area contributed by atoms with Crippen LogP contribution in [0.15, 0.2) is 23.6 Å². The Labute approximate surface area is 165 Å². The number of piperidine rings is 1. The van der Waals surface area contributed by atoms with Crippen molar-refractivity contribution >= 4 is 22.4 Å². The van der Waals surface area contributed by atoms with Crippen LogP contribution in [-0.2, 0) is 11.3 Å². The van der Waals surface area contributed by atoms with E-state index in [-0.39, 0.29) is 12.5 Å². The molecule has 146 valence electrons. The van der Waals surface area contributed by atoms with Crippen molar-refractivity contribution in [3.05, 3.63) is 40.4 Å². The molecule has 0 spiro atoms. The predicted molar refractivity (Wildman–Crippen MR) is 110 cm³/mol. The van der Waals surface area contributed by atoms with Gasteiger partial charge in [0.25, 0.3) is 5.91 Å². The molecule has 1 amide bonds. The van der Waals surface area contributed by atoms with Crippen molar-refractivity contribution < 1.29 is 9.53 Å². The predicted octanol–water partition coefficient (Wildman–Crippen LogP) is 4.26. The maximum absolute atomic E-state index is 12.2. The van der Waals surface area contributed by atoms with E-state index >= 15 is 0 Å². The minimum Gasteiger partial charge on any atom is -0.483 e. The van der Waals surface area contributed by atoms with Crippen molar-refractivity contribution in [3.8, 4) is 5.75 Å². The number of benzene rings is 1. The van der Waals surface area contributed by atoms with Gasteiger partial charge in [0.15, 0.2) is 11.7 Å². The molecule has 5 nitrogen and oxygen atoms in total. The van der Waals surface area contributed by atoms with E-state index in [4.69, 9.17) is 4.74 Å². The minimum atomic E-state index is -0.184. The lowest BCUT2D eigenvalue weighted by atomic mass is 9.92. The fourth-order valence-corrected chi connectivity index (χ4v) is 4.56. The molecule has 1 saturated heterocycles. The molecule has 1 aromatic carbocycles. The number of aromatic nitrogens is 1. The third kappa shape index (κ3) is 5.78. The fraction of sp³-hybridized carbons (Fsp3) is 0.524. The quantitative estimate of drug-likeness (QED) is 0.805. The van der Waals surface area contributed by atoms with Gasteiger partial charge in [-0.05, 0) is 43.7 Å². The van der Waals surface area contributed by atoms with Crippen LogP contribution in [0, 0.1) is 25.7 Å². The van der Waals surface area contributed by atoms with Gasteiger partial charge in [-0.15, -0.1) is 11.3 Å². The number of ether oxygens (including phenoxy) is 1. The largest absolute Gasteiger partial charge is 0.483 e. The Kier molecular flexibility index (Phi) is 6.50. The normalized spacial score (nSPS) is 20.4. The Bertz CT molecular complexity index is 779. The third-order valence-electron chi connectivity index (χ3n) is 4.82. The average molecular weight is 388 g/mol. The van der Waals surface area contributed by atoms with Gasteiger partial charge in [-0.2, -0.15) is 0 Å². The number of carbonyl (C=O) groups is 1. The molecule has 27 heavy (non-hydrogen) atoms. The van der Waals surface area contributed by atoms with E-state index in [9.17, 15) is 4.79 Å². The first-order valence-electron chi connectivity index (χ1n) is 9.55. The summed E-state index contributed by atoms with van der Waals surface area (Å²) in [6, 6.07) is 5.93. The summed E-state index contributed by atoms with van der Waals surface area (Å²) in [7, 11) is 0. The topological polar surface area (TPSA) is 54.5 Å². The monoisotopic (exact) mass is 387 g/mol. The lowest BCUT2D eigenvalue weighted by molar-refractivity contribution is -0.118. The van der Waals surface area contributed by atoms with Gasteiger partial charge < -0.3 is 4.74 Å². The number of anilines is 1. The van der Waals surface area contributed by atoms with E-state index in [0.717, 1.165) is 48.5 Å². The second-order valence-electron chi connectivity index (χ2n) is 7.89. The number of nitrogens with zero attached hydrogens (tertiary/aromatic N) is 2. The summed E-state index contributed by atoms with van der Waals surface area (Å²) in [5, 5.41) is 5.51. The molecule has 0 aliphatic carbocycles. The molecular weight excluding hydrogens is 358 g/mol. The van der Waals surface area contributed by atoms with Crippen LogP contribution in [0.25, 0.3) is 0 Å². The molecular formula is C21H29N3O2S. The Balaban J connectivity index is 1.49. The molecule has 1 fully saturated rings. The van der Waals surface area contributed by atoms with E-state index in [0.29, 0.717) is 5.13 Å². The number of nitrogens with one attached hydrogen (secondary N) is 1. The van der Waals surface area contributed by atoms with Crippen LogP contribution in [0.4, 0.5) is 5.13 Å². The highest BCUT2D eigenvalue weighted by Gasteiger charge is 2.22. The molecule has 1 N–H and O–H groups in total. The zero-order chi connectivity index (χ0) is 19.4. The molecule has 0 bridgehead atoms. The van der Waals surface area contributed by atoms with Crippen LogP contribution in [0.2, 0.25) is 0 Å². The van der Waals surface area contributed by atoms with E-state index in [1.54, 1.807) is 0 Å². The molecule has 2 atom stereocenters. The third-order valence-corrected chi connectivity index (χ3v) is 5.62. The van der Waals surface area contributed by atoms with Crippen LogP contribution in [-0.4, -0.2) is 35.5 Å². The zero-order valence-electron chi connectivity index (χ0n) is 16.6. The van der Waals surface area contributed by atoms with Gasteiger partial charge in [0, 0.05) is 25.0 Å². The molecule has 3 rings (SSSR count). The Morgan fingerprint density at radius 2 is 2.04 bits per heavy atom. The van der Waals surface area contributed by atoms with Gasteiger partial charge in [-0.25, -0.2) is 4.98 Å². The maximum Gasteiger partial charge on any atom is 0.264 e.